The molecule has 1 saturated heterocycles. The second kappa shape index (κ2) is 7.32. The first-order chi connectivity index (χ1) is 11.9. The molecule has 0 bridgehead atoms. The van der Waals surface area contributed by atoms with Gasteiger partial charge in [-0.3, -0.25) is 0 Å². The lowest BCUT2D eigenvalue weighted by atomic mass is 9.61. The maximum Gasteiger partial charge on any atom is 0.317 e. The standard InChI is InChI=1S/C20H29FN2O2/c1-14-9-18(21)8-7-16(14)10-15(2)22-19(24)23-11-20(12-23,13-25-3)17-5-4-6-17/h7-9,15,17H,4-6,10-13H2,1-3H3,(H,22,24). The molecule has 1 aliphatic carbocycles. The summed E-state index contributed by atoms with van der Waals surface area (Å²) in [6.45, 7) is 6.22. The van der Waals surface area contributed by atoms with Gasteiger partial charge in [0.2, 0.25) is 0 Å². The van der Waals surface area contributed by atoms with Crippen molar-refractivity contribution in [2.75, 3.05) is 26.8 Å². The van der Waals surface area contributed by atoms with Crippen LogP contribution in [-0.4, -0.2) is 43.8 Å². The number of aryl methyl sites for hydroxylation is 1. The molecule has 1 saturated carbocycles. The van der Waals surface area contributed by atoms with E-state index in [1.165, 1.54) is 31.4 Å². The van der Waals surface area contributed by atoms with Crippen LogP contribution in [0.2, 0.25) is 0 Å². The van der Waals surface area contributed by atoms with Gasteiger partial charge < -0.3 is 15.0 Å². The summed E-state index contributed by atoms with van der Waals surface area (Å²) >= 11 is 0. The monoisotopic (exact) mass is 348 g/mol. The summed E-state index contributed by atoms with van der Waals surface area (Å²) in [5, 5.41) is 3.08. The molecule has 2 fully saturated rings. The fraction of sp³-hybridized carbons (Fsp3) is 0.650. The highest BCUT2D eigenvalue weighted by atomic mass is 19.1. The van der Waals surface area contributed by atoms with Crippen molar-refractivity contribution >= 4 is 6.03 Å². The van der Waals surface area contributed by atoms with Gasteiger partial charge in [-0.05, 0) is 62.3 Å². The Labute approximate surface area is 149 Å². The Kier molecular flexibility index (Phi) is 5.32. The van der Waals surface area contributed by atoms with Gasteiger partial charge in [-0.25, -0.2) is 9.18 Å². The van der Waals surface area contributed by atoms with E-state index in [0.29, 0.717) is 12.3 Å². The molecule has 3 rings (SSSR count). The van der Waals surface area contributed by atoms with Gasteiger partial charge in [-0.1, -0.05) is 12.5 Å². The number of likely N-dealkylation sites (tertiary alicyclic amines) is 1. The SMILES string of the molecule is COCC1(C2CCC2)CN(C(=O)NC(C)Cc2ccc(F)cc2C)C1. The van der Waals surface area contributed by atoms with Crippen LogP contribution in [0.15, 0.2) is 18.2 Å². The smallest absolute Gasteiger partial charge is 0.317 e. The Hall–Kier alpha value is -1.62. The van der Waals surface area contributed by atoms with Crippen molar-refractivity contribution < 1.29 is 13.9 Å². The first-order valence-electron chi connectivity index (χ1n) is 9.23. The molecule has 1 N–H and O–H groups in total. The first-order valence-corrected chi connectivity index (χ1v) is 9.23. The van der Waals surface area contributed by atoms with Gasteiger partial charge in [0.25, 0.3) is 0 Å². The molecule has 4 nitrogen and oxygen atoms in total. The van der Waals surface area contributed by atoms with E-state index in [9.17, 15) is 9.18 Å². The highest BCUT2D eigenvalue weighted by Crippen LogP contribution is 2.48. The van der Waals surface area contributed by atoms with E-state index >= 15 is 0 Å². The van der Waals surface area contributed by atoms with Gasteiger partial charge in [0.15, 0.2) is 0 Å². The van der Waals surface area contributed by atoms with E-state index in [2.05, 4.69) is 5.32 Å². The number of carbonyl (C=O) groups excluding carboxylic acids is 1. The number of amides is 2. The summed E-state index contributed by atoms with van der Waals surface area (Å²) in [4.78, 5) is 14.4. The number of hydrogen-bond donors (Lipinski definition) is 1. The zero-order valence-electron chi connectivity index (χ0n) is 15.5. The molecule has 0 aromatic heterocycles. The molecule has 1 unspecified atom stereocenters. The minimum Gasteiger partial charge on any atom is -0.384 e. The maximum absolute atomic E-state index is 13.2. The molecule has 2 aliphatic rings. The Bertz CT molecular complexity index is 624. The number of methoxy groups -OCH3 is 1. The van der Waals surface area contributed by atoms with Crippen LogP contribution in [0.5, 0.6) is 0 Å². The molecular formula is C20H29FN2O2. The third-order valence-electron chi connectivity index (χ3n) is 5.90. The number of ether oxygens (including phenoxy) is 1. The molecule has 1 aromatic carbocycles. The lowest BCUT2D eigenvalue weighted by Gasteiger charge is -2.56. The summed E-state index contributed by atoms with van der Waals surface area (Å²) < 4.78 is 18.6. The second-order valence-corrected chi connectivity index (χ2v) is 7.90. The van der Waals surface area contributed by atoms with Crippen LogP contribution in [0.25, 0.3) is 0 Å². The van der Waals surface area contributed by atoms with E-state index in [1.54, 1.807) is 13.2 Å². The number of carbonyl (C=O) groups is 1. The van der Waals surface area contributed by atoms with E-state index in [-0.39, 0.29) is 23.3 Å². The van der Waals surface area contributed by atoms with Crippen LogP contribution in [0.3, 0.4) is 0 Å². The Morgan fingerprint density at radius 2 is 2.16 bits per heavy atom. The van der Waals surface area contributed by atoms with Crippen LogP contribution < -0.4 is 5.32 Å². The van der Waals surface area contributed by atoms with Gasteiger partial charge in [0, 0.05) is 31.7 Å². The molecule has 5 heteroatoms. The number of nitrogens with zero attached hydrogens (tertiary/aromatic N) is 1. The fourth-order valence-electron chi connectivity index (χ4n) is 4.20. The molecule has 138 valence electrons. The topological polar surface area (TPSA) is 41.6 Å². The van der Waals surface area contributed by atoms with Gasteiger partial charge in [0.1, 0.15) is 5.82 Å². The predicted molar refractivity (Wildman–Crippen MR) is 96.1 cm³/mol. The summed E-state index contributed by atoms with van der Waals surface area (Å²) in [5.74, 6) is 0.486. The van der Waals surface area contributed by atoms with Crippen LogP contribution in [0.4, 0.5) is 9.18 Å². The highest BCUT2D eigenvalue weighted by molar-refractivity contribution is 5.75. The molecule has 25 heavy (non-hydrogen) atoms. The fourth-order valence-corrected chi connectivity index (χ4v) is 4.20. The zero-order chi connectivity index (χ0) is 18.0. The zero-order valence-corrected chi connectivity index (χ0v) is 15.5. The van der Waals surface area contributed by atoms with E-state index in [1.807, 2.05) is 18.7 Å². The second-order valence-electron chi connectivity index (χ2n) is 7.90. The molecule has 1 heterocycles. The van der Waals surface area contributed by atoms with E-state index in [4.69, 9.17) is 4.74 Å². The first kappa shape index (κ1) is 18.2. The Balaban J connectivity index is 1.51. The molecule has 0 spiro atoms. The molecule has 1 aromatic rings. The van der Waals surface area contributed by atoms with Crippen LogP contribution in [0.1, 0.15) is 37.3 Å². The summed E-state index contributed by atoms with van der Waals surface area (Å²) in [5.41, 5.74) is 2.16. The molecule has 0 radical (unpaired) electrons. The number of nitrogens with one attached hydrogen (secondary N) is 1. The van der Waals surface area contributed by atoms with Crippen molar-refractivity contribution in [1.82, 2.24) is 10.2 Å². The summed E-state index contributed by atoms with van der Waals surface area (Å²) in [6.07, 6.45) is 4.53. The lowest BCUT2D eigenvalue weighted by Crippen LogP contribution is -2.66. The van der Waals surface area contributed by atoms with E-state index < -0.39 is 0 Å². The third kappa shape index (κ3) is 3.81. The van der Waals surface area contributed by atoms with Crippen LogP contribution in [-0.2, 0) is 11.2 Å². The minimum absolute atomic E-state index is 0.00156. The minimum atomic E-state index is -0.219. The number of hydrogen-bond acceptors (Lipinski definition) is 2. The quantitative estimate of drug-likeness (QED) is 0.854. The predicted octanol–water partition coefficient (Wildman–Crippen LogP) is 3.52. The van der Waals surface area contributed by atoms with Gasteiger partial charge in [0.05, 0.1) is 6.61 Å². The van der Waals surface area contributed by atoms with Gasteiger partial charge >= 0.3 is 6.03 Å². The number of urea groups is 1. The van der Waals surface area contributed by atoms with Crippen LogP contribution in [0, 0.1) is 24.1 Å². The molecular weight excluding hydrogens is 319 g/mol. The van der Waals surface area contributed by atoms with Gasteiger partial charge in [-0.2, -0.15) is 0 Å². The normalized spacial score (nSPS) is 20.6. The number of rotatable bonds is 6. The van der Waals surface area contributed by atoms with Crippen molar-refractivity contribution in [1.29, 1.82) is 0 Å². The van der Waals surface area contributed by atoms with Gasteiger partial charge in [-0.15, -0.1) is 0 Å². The number of benzene rings is 1. The van der Waals surface area contributed by atoms with Crippen molar-refractivity contribution in [3.05, 3.63) is 35.1 Å². The maximum atomic E-state index is 13.2. The largest absolute Gasteiger partial charge is 0.384 e. The molecule has 1 atom stereocenters. The molecule has 2 amide bonds. The average Bonchev–Trinajstić information content (AvgIpc) is 2.45. The Morgan fingerprint density at radius 3 is 2.72 bits per heavy atom. The number of halogens is 1. The molecule has 1 aliphatic heterocycles. The highest BCUT2D eigenvalue weighted by Gasteiger charge is 2.52. The van der Waals surface area contributed by atoms with Crippen molar-refractivity contribution in [2.24, 2.45) is 11.3 Å². The van der Waals surface area contributed by atoms with E-state index in [0.717, 1.165) is 30.8 Å². The van der Waals surface area contributed by atoms with Crippen LogP contribution >= 0.6 is 0 Å². The third-order valence-corrected chi connectivity index (χ3v) is 5.90. The Morgan fingerprint density at radius 1 is 1.44 bits per heavy atom. The average molecular weight is 348 g/mol. The van der Waals surface area contributed by atoms with Crippen molar-refractivity contribution in [2.45, 2.75) is 45.6 Å². The summed E-state index contributed by atoms with van der Waals surface area (Å²) in [6, 6.07) is 4.83. The lowest BCUT2D eigenvalue weighted by molar-refractivity contribution is -0.0940. The van der Waals surface area contributed by atoms with Crippen molar-refractivity contribution in [3.63, 3.8) is 0 Å². The van der Waals surface area contributed by atoms with Crippen molar-refractivity contribution in [3.8, 4) is 0 Å². The summed E-state index contributed by atoms with van der Waals surface area (Å²) in [7, 11) is 1.75.